The number of imide groups is 1. The highest BCUT2D eigenvalue weighted by atomic mass is 16.2. The normalized spacial score (nSPS) is 19.2. The highest BCUT2D eigenvalue weighted by molar-refractivity contribution is 6.00. The minimum atomic E-state index is -0.716. The lowest BCUT2D eigenvalue weighted by Gasteiger charge is -2.48. The number of piperidine rings is 3. The molecule has 0 saturated carbocycles. The first-order valence-electron chi connectivity index (χ1n) is 22.3. The fraction of sp³-hybridized carbons (Fsp3) is 0.533. The van der Waals surface area contributed by atoms with E-state index in [0.29, 0.717) is 49.3 Å². The minimum Gasteiger partial charge on any atom is -0.364 e. The number of aromatic nitrogens is 4. The molecule has 1 unspecified atom stereocenters. The van der Waals surface area contributed by atoms with Crippen molar-refractivity contribution >= 4 is 52.0 Å². The molecule has 2 aromatic heterocycles. The highest BCUT2D eigenvalue weighted by Gasteiger charge is 2.37. The molecule has 4 aliphatic heterocycles. The fourth-order valence-corrected chi connectivity index (χ4v) is 9.73. The Kier molecular flexibility index (Phi) is 13.3. The third-order valence-electron chi connectivity index (χ3n) is 13.3. The Hall–Kier alpha value is -5.65. The van der Waals surface area contributed by atoms with Crippen molar-refractivity contribution in [2.45, 2.75) is 82.2 Å². The van der Waals surface area contributed by atoms with Crippen molar-refractivity contribution in [1.29, 1.82) is 0 Å². The van der Waals surface area contributed by atoms with Crippen molar-refractivity contribution in [3.8, 4) is 0 Å². The van der Waals surface area contributed by atoms with Gasteiger partial charge in [0, 0.05) is 64.5 Å². The summed E-state index contributed by atoms with van der Waals surface area (Å²) in [4.78, 5) is 81.2. The second-order valence-corrected chi connectivity index (χ2v) is 17.3. The van der Waals surface area contributed by atoms with E-state index in [4.69, 9.17) is 16.5 Å². The summed E-state index contributed by atoms with van der Waals surface area (Å²) in [5.74, 6) is 0.346. The van der Waals surface area contributed by atoms with Gasteiger partial charge in [0.15, 0.2) is 11.5 Å². The number of aryl methyl sites for hydroxylation is 2. The quantitative estimate of drug-likeness (QED) is 0.0948. The van der Waals surface area contributed by atoms with Crippen LogP contribution in [0.3, 0.4) is 0 Å². The lowest BCUT2D eigenvalue weighted by atomic mass is 9.88. The number of carbonyl (C=O) groups excluding carboxylic acids is 4. The smallest absolute Gasteiger partial charge is 0.329 e. The van der Waals surface area contributed by atoms with Crippen LogP contribution in [0, 0.1) is 0 Å². The lowest BCUT2D eigenvalue weighted by molar-refractivity contribution is -0.140. The molecular weight excluding hydrogens is 789 g/mol. The number of carbonyl (C=O) groups is 4. The second-order valence-electron chi connectivity index (χ2n) is 17.3. The van der Waals surface area contributed by atoms with E-state index in [-0.39, 0.29) is 29.6 Å². The van der Waals surface area contributed by atoms with Crippen LogP contribution >= 0.6 is 0 Å². The molecule has 2 aromatic carbocycles. The third-order valence-corrected chi connectivity index (χ3v) is 13.3. The Bertz CT molecular complexity index is 2320. The summed E-state index contributed by atoms with van der Waals surface area (Å²) in [6.45, 7) is 7.51. The number of nitrogens with zero attached hydrogens (tertiary/aromatic N) is 8. The van der Waals surface area contributed by atoms with E-state index in [1.807, 2.05) is 35.2 Å². The zero-order chi connectivity index (χ0) is 43.3. The minimum absolute atomic E-state index is 0.128. The zero-order valence-corrected chi connectivity index (χ0v) is 35.8. The van der Waals surface area contributed by atoms with E-state index in [2.05, 4.69) is 42.5 Å². The average molecular weight is 849 g/mol. The van der Waals surface area contributed by atoms with E-state index < -0.39 is 17.9 Å². The van der Waals surface area contributed by atoms with Crippen LogP contribution in [0.25, 0.3) is 11.0 Å². The van der Waals surface area contributed by atoms with Crippen molar-refractivity contribution < 1.29 is 19.2 Å². The van der Waals surface area contributed by atoms with E-state index in [1.165, 1.54) is 16.6 Å². The molecule has 4 amide bonds. The van der Waals surface area contributed by atoms with Gasteiger partial charge in [-0.2, -0.15) is 0 Å². The number of hydrogen-bond acceptors (Lipinski definition) is 12. The number of para-hydroxylation sites is 1. The van der Waals surface area contributed by atoms with Crippen LogP contribution in [0.15, 0.2) is 53.5 Å². The number of imidazole rings is 1. The molecule has 0 spiro atoms. The summed E-state index contributed by atoms with van der Waals surface area (Å²) in [6, 6.07) is 13.8. The van der Waals surface area contributed by atoms with E-state index in [0.717, 1.165) is 113 Å². The van der Waals surface area contributed by atoms with Crippen molar-refractivity contribution in [2.75, 3.05) is 75.7 Å². The van der Waals surface area contributed by atoms with Gasteiger partial charge in [-0.25, -0.2) is 14.8 Å². The van der Waals surface area contributed by atoms with Crippen molar-refractivity contribution in [1.82, 2.24) is 39.1 Å². The molecule has 6 N–H and O–H groups in total. The van der Waals surface area contributed by atoms with Crippen LogP contribution in [0.2, 0.25) is 0 Å². The van der Waals surface area contributed by atoms with Gasteiger partial charge in [-0.05, 0) is 113 Å². The molecule has 0 aliphatic carbocycles. The van der Waals surface area contributed by atoms with Gasteiger partial charge in [0.25, 0.3) is 5.91 Å². The topological polar surface area (TPSA) is 210 Å². The van der Waals surface area contributed by atoms with E-state index >= 15 is 0 Å². The van der Waals surface area contributed by atoms with Gasteiger partial charge in [0.05, 0.1) is 23.8 Å². The molecule has 17 nitrogen and oxygen atoms in total. The summed E-state index contributed by atoms with van der Waals surface area (Å²) >= 11 is 0. The van der Waals surface area contributed by atoms with Crippen LogP contribution in [0.1, 0.15) is 91.4 Å². The van der Waals surface area contributed by atoms with Crippen LogP contribution in [0.4, 0.5) is 17.3 Å². The molecule has 8 rings (SSSR count). The van der Waals surface area contributed by atoms with Crippen LogP contribution in [-0.4, -0.2) is 129 Å². The standard InChI is InChI=1S/C45H60N12O5/c1-52-41-32(9-7-10-35(41)57(45(52)62)36-15-16-38(58)51-44(36)61)8-3-6-20-53(25-19-46)29-39(59)56-27-34(28-56)54-23-17-31(18-24-54)30-11-13-33(14-12-30)49-43-40(42(47)60)48-26-37(50-43)55-21-4-2-5-22-55/h7,9-14,26,31,34,36H,2-6,8,15-25,27-29,46H2,1H3,(H2,47,60)(H,49,50)(H,51,58,61). The number of nitrogens with two attached hydrogens (primary N) is 2. The number of anilines is 3. The number of rotatable bonds is 16. The van der Waals surface area contributed by atoms with Crippen LogP contribution < -0.4 is 32.7 Å². The molecule has 4 aromatic rings. The largest absolute Gasteiger partial charge is 0.364 e. The monoisotopic (exact) mass is 848 g/mol. The second kappa shape index (κ2) is 19.2. The Morgan fingerprint density at radius 2 is 1.69 bits per heavy atom. The van der Waals surface area contributed by atoms with Gasteiger partial charge in [0.1, 0.15) is 11.9 Å². The Morgan fingerprint density at radius 1 is 0.935 bits per heavy atom. The van der Waals surface area contributed by atoms with Gasteiger partial charge in [0.2, 0.25) is 17.7 Å². The molecule has 1 atom stereocenters. The van der Waals surface area contributed by atoms with E-state index in [9.17, 15) is 24.0 Å². The summed E-state index contributed by atoms with van der Waals surface area (Å²) in [7, 11) is 1.73. The molecule has 62 heavy (non-hydrogen) atoms. The number of amides is 4. The van der Waals surface area contributed by atoms with Crippen LogP contribution in [0.5, 0.6) is 0 Å². The van der Waals surface area contributed by atoms with Crippen molar-refractivity contribution in [2.24, 2.45) is 18.5 Å². The molecule has 17 heteroatoms. The first-order chi connectivity index (χ1) is 30.1. The molecule has 0 bridgehead atoms. The van der Waals surface area contributed by atoms with E-state index in [1.54, 1.807) is 17.8 Å². The van der Waals surface area contributed by atoms with Gasteiger partial charge < -0.3 is 26.6 Å². The number of nitrogens with one attached hydrogen (secondary N) is 2. The predicted octanol–water partition coefficient (Wildman–Crippen LogP) is 2.61. The maximum Gasteiger partial charge on any atom is 0.329 e. The fourth-order valence-electron chi connectivity index (χ4n) is 9.73. The molecular formula is C45H60N12O5. The zero-order valence-electron chi connectivity index (χ0n) is 35.8. The number of unbranched alkanes of at least 4 members (excludes halogenated alkanes) is 1. The maximum atomic E-state index is 13.4. The number of fused-ring (bicyclic) bond motifs is 1. The molecule has 4 saturated heterocycles. The molecule has 4 fully saturated rings. The van der Waals surface area contributed by atoms with Gasteiger partial charge in [-0.3, -0.25) is 43.4 Å². The van der Waals surface area contributed by atoms with Crippen LogP contribution in [-0.2, 0) is 27.9 Å². The lowest BCUT2D eigenvalue weighted by Crippen LogP contribution is -2.63. The first-order valence-corrected chi connectivity index (χ1v) is 22.3. The SMILES string of the molecule is Cn1c(=O)n(C2CCC(=O)NC2=O)c2cccc(CCCCN(CCN)CC(=O)N3CC(N4CCC(c5ccc(Nc6nc(N7CCCCC7)cnc6C(N)=O)cc5)CC4)C3)c21. The Morgan fingerprint density at radius 3 is 2.40 bits per heavy atom. The van der Waals surface area contributed by atoms with Crippen molar-refractivity contribution in [3.63, 3.8) is 0 Å². The predicted molar refractivity (Wildman–Crippen MR) is 237 cm³/mol. The van der Waals surface area contributed by atoms with Gasteiger partial charge >= 0.3 is 5.69 Å². The number of primary amides is 1. The summed E-state index contributed by atoms with van der Waals surface area (Å²) in [5, 5.41) is 5.66. The van der Waals surface area contributed by atoms with Gasteiger partial charge in [-0.15, -0.1) is 0 Å². The first kappa shape index (κ1) is 43.0. The molecule has 4 aliphatic rings. The Balaban J connectivity index is 0.777. The van der Waals surface area contributed by atoms with Gasteiger partial charge in [-0.1, -0.05) is 24.3 Å². The van der Waals surface area contributed by atoms with Crippen molar-refractivity contribution in [3.05, 3.63) is 76.0 Å². The third kappa shape index (κ3) is 9.39. The highest BCUT2D eigenvalue weighted by Crippen LogP contribution is 2.32. The summed E-state index contributed by atoms with van der Waals surface area (Å²) in [6.07, 6.45) is 10.1. The molecule has 330 valence electrons. The molecule has 6 heterocycles. The molecule has 0 radical (unpaired) electrons. The number of benzene rings is 2. The maximum absolute atomic E-state index is 13.4. The number of likely N-dealkylation sites (tertiary alicyclic amines) is 2. The summed E-state index contributed by atoms with van der Waals surface area (Å²) in [5.41, 5.74) is 16.1. The average Bonchev–Trinajstić information content (AvgIpc) is 3.51. The summed E-state index contributed by atoms with van der Waals surface area (Å²) < 4.78 is 3.12. The Labute approximate surface area is 361 Å². The number of hydrogen-bond donors (Lipinski definition) is 4.